The Morgan fingerprint density at radius 1 is 1.50 bits per heavy atom. The van der Waals surface area contributed by atoms with E-state index in [4.69, 9.17) is 11.0 Å². The molecule has 0 saturated carbocycles. The number of anilines is 3. The number of benzene rings is 1. The molecule has 0 fully saturated rings. The number of H-pyrrole nitrogens is 1. The lowest BCUT2D eigenvalue weighted by Crippen LogP contribution is -2.20. The number of nitrogens with zero attached hydrogens (tertiary/aromatic N) is 3. The number of nitrogens with one attached hydrogen (secondary N) is 1. The molecule has 0 amide bonds. The molecule has 0 atom stereocenters. The summed E-state index contributed by atoms with van der Waals surface area (Å²) >= 11 is 0. The van der Waals surface area contributed by atoms with E-state index in [0.29, 0.717) is 11.4 Å². The molecule has 0 aliphatic carbocycles. The molecule has 90 valence electrons. The molecule has 6 nitrogen and oxygen atoms in total. The topological polar surface area (TPSA) is 98.8 Å². The predicted molar refractivity (Wildman–Crippen MR) is 68.5 cm³/mol. The van der Waals surface area contributed by atoms with Crippen molar-refractivity contribution in [3.8, 4) is 6.07 Å². The van der Waals surface area contributed by atoms with Gasteiger partial charge in [0, 0.05) is 12.7 Å². The molecule has 0 unspecified atom stereocenters. The van der Waals surface area contributed by atoms with E-state index in [2.05, 4.69) is 16.0 Å². The van der Waals surface area contributed by atoms with Crippen molar-refractivity contribution in [1.29, 1.82) is 5.26 Å². The Morgan fingerprint density at radius 2 is 2.28 bits per heavy atom. The fourth-order valence-electron chi connectivity index (χ4n) is 1.57. The van der Waals surface area contributed by atoms with E-state index in [9.17, 15) is 4.79 Å². The Bertz CT molecular complexity index is 671. The minimum Gasteiger partial charge on any atom is -0.391 e. The van der Waals surface area contributed by atoms with Gasteiger partial charge in [0.2, 0.25) is 0 Å². The highest BCUT2D eigenvalue weighted by Crippen LogP contribution is 2.24. The fourth-order valence-corrected chi connectivity index (χ4v) is 1.57. The standard InChI is InChI=1S/C12H11N5O/c1-17(9-4-2-3-8(5-9)6-13)11-10(14)12(18)16-7-15-11/h2-5,7H,14H2,1H3,(H,15,16,18). The van der Waals surface area contributed by atoms with Gasteiger partial charge in [0.25, 0.3) is 5.56 Å². The van der Waals surface area contributed by atoms with Crippen LogP contribution in [0.15, 0.2) is 35.4 Å². The van der Waals surface area contributed by atoms with Gasteiger partial charge in [-0.1, -0.05) is 6.07 Å². The van der Waals surface area contributed by atoms with Gasteiger partial charge in [-0.25, -0.2) is 4.98 Å². The Morgan fingerprint density at radius 3 is 3.00 bits per heavy atom. The number of aromatic nitrogens is 2. The maximum absolute atomic E-state index is 11.4. The Kier molecular flexibility index (Phi) is 2.98. The molecule has 0 spiro atoms. The molecule has 6 heteroatoms. The van der Waals surface area contributed by atoms with Crippen LogP contribution in [-0.4, -0.2) is 17.0 Å². The third-order valence-corrected chi connectivity index (χ3v) is 2.55. The van der Waals surface area contributed by atoms with Crippen LogP contribution >= 0.6 is 0 Å². The summed E-state index contributed by atoms with van der Waals surface area (Å²) < 4.78 is 0. The van der Waals surface area contributed by atoms with Crippen molar-refractivity contribution in [2.45, 2.75) is 0 Å². The SMILES string of the molecule is CN(c1cccc(C#N)c1)c1nc[nH]c(=O)c1N. The van der Waals surface area contributed by atoms with E-state index in [1.807, 2.05) is 6.07 Å². The van der Waals surface area contributed by atoms with Crippen molar-refractivity contribution in [2.24, 2.45) is 0 Å². The van der Waals surface area contributed by atoms with Crippen LogP contribution in [0, 0.1) is 11.3 Å². The molecule has 0 radical (unpaired) electrons. The lowest BCUT2D eigenvalue weighted by Gasteiger charge is -2.19. The molecule has 2 rings (SSSR count). The third kappa shape index (κ3) is 2.01. The van der Waals surface area contributed by atoms with E-state index in [1.165, 1.54) is 6.33 Å². The first-order valence-corrected chi connectivity index (χ1v) is 5.20. The number of hydrogen-bond donors (Lipinski definition) is 2. The summed E-state index contributed by atoms with van der Waals surface area (Å²) in [6, 6.07) is 9.02. The molecule has 0 saturated heterocycles. The first-order valence-electron chi connectivity index (χ1n) is 5.20. The normalized spacial score (nSPS) is 9.78. The highest BCUT2D eigenvalue weighted by atomic mass is 16.1. The van der Waals surface area contributed by atoms with Crippen LogP contribution in [0.5, 0.6) is 0 Å². The fraction of sp³-hybridized carbons (Fsp3) is 0.0833. The maximum Gasteiger partial charge on any atom is 0.276 e. The van der Waals surface area contributed by atoms with Crippen molar-refractivity contribution in [3.05, 3.63) is 46.5 Å². The molecule has 0 bridgehead atoms. The summed E-state index contributed by atoms with van der Waals surface area (Å²) in [4.78, 5) is 19.5. The van der Waals surface area contributed by atoms with Gasteiger partial charge in [0.05, 0.1) is 18.0 Å². The highest BCUT2D eigenvalue weighted by molar-refractivity contribution is 5.70. The zero-order valence-electron chi connectivity index (χ0n) is 9.71. The molecule has 1 heterocycles. The first kappa shape index (κ1) is 11.7. The average Bonchev–Trinajstić information content (AvgIpc) is 2.41. The zero-order chi connectivity index (χ0) is 13.1. The largest absolute Gasteiger partial charge is 0.391 e. The van der Waals surface area contributed by atoms with E-state index < -0.39 is 0 Å². The molecule has 1 aromatic heterocycles. The Hall–Kier alpha value is -2.81. The summed E-state index contributed by atoms with van der Waals surface area (Å²) in [6.45, 7) is 0. The van der Waals surface area contributed by atoms with Crippen molar-refractivity contribution in [2.75, 3.05) is 17.7 Å². The van der Waals surface area contributed by atoms with E-state index in [1.54, 1.807) is 30.1 Å². The van der Waals surface area contributed by atoms with Crippen LogP contribution < -0.4 is 16.2 Å². The van der Waals surface area contributed by atoms with Crippen LogP contribution in [-0.2, 0) is 0 Å². The van der Waals surface area contributed by atoms with Crippen molar-refractivity contribution in [1.82, 2.24) is 9.97 Å². The quantitative estimate of drug-likeness (QED) is 0.816. The number of rotatable bonds is 2. The summed E-state index contributed by atoms with van der Waals surface area (Å²) in [5.41, 5.74) is 6.60. The van der Waals surface area contributed by atoms with Gasteiger partial charge in [-0.05, 0) is 18.2 Å². The smallest absolute Gasteiger partial charge is 0.276 e. The van der Waals surface area contributed by atoms with Crippen molar-refractivity contribution in [3.63, 3.8) is 0 Å². The minimum atomic E-state index is -0.386. The van der Waals surface area contributed by atoms with Gasteiger partial charge in [0.15, 0.2) is 5.82 Å². The second kappa shape index (κ2) is 4.59. The lowest BCUT2D eigenvalue weighted by molar-refractivity contribution is 1.06. The number of nitrogen functional groups attached to an aromatic ring is 1. The molecule has 0 aliphatic heterocycles. The molecule has 0 aliphatic rings. The zero-order valence-corrected chi connectivity index (χ0v) is 9.71. The molecular formula is C12H11N5O. The van der Waals surface area contributed by atoms with Gasteiger partial charge in [0.1, 0.15) is 5.69 Å². The summed E-state index contributed by atoms with van der Waals surface area (Å²) in [6.07, 6.45) is 1.29. The van der Waals surface area contributed by atoms with E-state index >= 15 is 0 Å². The first-order chi connectivity index (χ1) is 8.63. The summed E-state index contributed by atoms with van der Waals surface area (Å²) in [5, 5.41) is 8.85. The second-order valence-electron chi connectivity index (χ2n) is 3.69. The molecular weight excluding hydrogens is 230 g/mol. The summed E-state index contributed by atoms with van der Waals surface area (Å²) in [5.74, 6) is 0.355. The van der Waals surface area contributed by atoms with E-state index in [-0.39, 0.29) is 11.2 Å². The molecule has 18 heavy (non-hydrogen) atoms. The lowest BCUT2D eigenvalue weighted by atomic mass is 10.2. The van der Waals surface area contributed by atoms with Gasteiger partial charge < -0.3 is 15.6 Å². The Labute approximate surface area is 103 Å². The summed E-state index contributed by atoms with van der Waals surface area (Å²) in [7, 11) is 1.73. The number of aromatic amines is 1. The monoisotopic (exact) mass is 241 g/mol. The third-order valence-electron chi connectivity index (χ3n) is 2.55. The predicted octanol–water partition coefficient (Wildman–Crippen LogP) is 0.992. The van der Waals surface area contributed by atoms with Crippen LogP contribution in [0.3, 0.4) is 0 Å². The molecule has 3 N–H and O–H groups in total. The molecule has 2 aromatic rings. The minimum absolute atomic E-state index is 0.0439. The van der Waals surface area contributed by atoms with E-state index in [0.717, 1.165) is 5.69 Å². The van der Waals surface area contributed by atoms with Crippen molar-refractivity contribution >= 4 is 17.2 Å². The Balaban J connectivity index is 2.48. The number of nitriles is 1. The van der Waals surface area contributed by atoms with Crippen LogP contribution in [0.4, 0.5) is 17.2 Å². The van der Waals surface area contributed by atoms with Gasteiger partial charge in [-0.15, -0.1) is 0 Å². The van der Waals surface area contributed by atoms with Crippen LogP contribution in [0.2, 0.25) is 0 Å². The molecule has 1 aromatic carbocycles. The maximum atomic E-state index is 11.4. The number of nitrogens with two attached hydrogens (primary N) is 1. The highest BCUT2D eigenvalue weighted by Gasteiger charge is 2.11. The van der Waals surface area contributed by atoms with Crippen LogP contribution in [0.25, 0.3) is 0 Å². The van der Waals surface area contributed by atoms with Gasteiger partial charge in [-0.2, -0.15) is 5.26 Å². The average molecular weight is 241 g/mol. The van der Waals surface area contributed by atoms with Gasteiger partial charge in [-0.3, -0.25) is 4.79 Å². The van der Waals surface area contributed by atoms with Crippen LogP contribution in [0.1, 0.15) is 5.56 Å². The number of hydrogen-bond acceptors (Lipinski definition) is 5. The van der Waals surface area contributed by atoms with Crippen molar-refractivity contribution < 1.29 is 0 Å². The second-order valence-corrected chi connectivity index (χ2v) is 3.69. The van der Waals surface area contributed by atoms with Gasteiger partial charge >= 0.3 is 0 Å².